The summed E-state index contributed by atoms with van der Waals surface area (Å²) in [4.78, 5) is 39.0. The molecular weight excluding hydrogens is 578 g/mol. The Balaban J connectivity index is 1.43. The van der Waals surface area contributed by atoms with E-state index < -0.39 is 46.5 Å². The first-order valence-corrected chi connectivity index (χ1v) is 15.1. The molecule has 0 radical (unpaired) electrons. The van der Waals surface area contributed by atoms with Crippen LogP contribution in [0.3, 0.4) is 0 Å². The van der Waals surface area contributed by atoms with Crippen molar-refractivity contribution in [2.45, 2.75) is 103 Å². The third-order valence-corrected chi connectivity index (χ3v) is 7.60. The van der Waals surface area contributed by atoms with Crippen LogP contribution in [0.5, 0.6) is 5.75 Å². The molecule has 0 unspecified atom stereocenters. The zero-order valence-corrected chi connectivity index (χ0v) is 26.4. The molecule has 1 N–H and O–H groups in total. The van der Waals surface area contributed by atoms with E-state index in [4.69, 9.17) is 23.7 Å². The Labute approximate surface area is 257 Å². The Morgan fingerprint density at radius 2 is 1.84 bits per heavy atom. The standard InChI is InChI=1S/C32H44F2N2O8/c1-30(2,3)43-27(38)11-14-41-28-23(15-21(33)16-24(28)34)20-7-9-22(10-8-20)42-17-25-32(19-40-18-26(37)35-32)12-13-36(25)29(39)44-31(4,5)6/h7,15-16,22,25H,8-14,17-19H2,1-6H3,(H,35,37)/t22-,25-,32+/m0/s1. The topological polar surface area (TPSA) is 113 Å². The molecule has 4 rings (SSSR count). The van der Waals surface area contributed by atoms with Crippen LogP contribution in [0.1, 0.15) is 79.2 Å². The number of rotatable bonds is 8. The van der Waals surface area contributed by atoms with Crippen LogP contribution in [-0.2, 0) is 28.5 Å². The summed E-state index contributed by atoms with van der Waals surface area (Å²) in [5.74, 6) is -2.43. The second-order valence-electron chi connectivity index (χ2n) is 13.5. The van der Waals surface area contributed by atoms with E-state index in [2.05, 4.69) is 5.32 Å². The largest absolute Gasteiger partial charge is 0.489 e. The minimum Gasteiger partial charge on any atom is -0.489 e. The number of morpholine rings is 1. The summed E-state index contributed by atoms with van der Waals surface area (Å²) in [7, 11) is 0. The Morgan fingerprint density at radius 3 is 2.48 bits per heavy atom. The molecular formula is C32H44F2N2O8. The minimum absolute atomic E-state index is 0.0364. The second-order valence-corrected chi connectivity index (χ2v) is 13.5. The zero-order chi connectivity index (χ0) is 32.3. The number of carbonyl (C=O) groups excluding carboxylic acids is 3. The third-order valence-electron chi connectivity index (χ3n) is 7.60. The Bertz CT molecular complexity index is 1270. The van der Waals surface area contributed by atoms with E-state index in [0.717, 1.165) is 6.07 Å². The number of nitrogens with zero attached hydrogens (tertiary/aromatic N) is 1. The summed E-state index contributed by atoms with van der Waals surface area (Å²) in [6.45, 7) is 11.2. The SMILES string of the molecule is CC(C)(C)OC(=O)CCOc1c(F)cc(F)cc1C1=CC[C@H](OC[C@@H]2N(C(=O)OC(C)(C)C)CC[C@@]23COCC(=O)N3)CC1. The third kappa shape index (κ3) is 8.68. The van der Waals surface area contributed by atoms with Crippen LogP contribution in [0.15, 0.2) is 18.2 Å². The van der Waals surface area contributed by atoms with Crippen molar-refractivity contribution in [2.24, 2.45) is 0 Å². The molecule has 3 atom stereocenters. The van der Waals surface area contributed by atoms with Crippen LogP contribution in [0.4, 0.5) is 13.6 Å². The van der Waals surface area contributed by atoms with Gasteiger partial charge in [0.2, 0.25) is 5.91 Å². The number of hydrogen-bond acceptors (Lipinski definition) is 8. The predicted octanol–water partition coefficient (Wildman–Crippen LogP) is 4.92. The highest BCUT2D eigenvalue weighted by molar-refractivity contribution is 5.79. The fraction of sp³-hybridized carbons (Fsp3) is 0.656. The summed E-state index contributed by atoms with van der Waals surface area (Å²) < 4.78 is 57.5. The van der Waals surface area contributed by atoms with E-state index in [1.54, 1.807) is 46.4 Å². The molecule has 0 bridgehead atoms. The number of benzene rings is 1. The average molecular weight is 623 g/mol. The maximum absolute atomic E-state index is 14.8. The maximum Gasteiger partial charge on any atom is 0.410 e. The molecule has 1 aliphatic carbocycles. The van der Waals surface area contributed by atoms with Gasteiger partial charge >= 0.3 is 12.1 Å². The molecule has 0 saturated carbocycles. The van der Waals surface area contributed by atoms with Crippen LogP contribution >= 0.6 is 0 Å². The lowest BCUT2D eigenvalue weighted by Gasteiger charge is -2.41. The molecule has 1 aromatic rings. The number of allylic oxidation sites excluding steroid dienone is 1. The molecule has 2 fully saturated rings. The highest BCUT2D eigenvalue weighted by atomic mass is 19.1. The van der Waals surface area contributed by atoms with E-state index in [9.17, 15) is 23.2 Å². The molecule has 44 heavy (non-hydrogen) atoms. The van der Waals surface area contributed by atoms with Gasteiger partial charge in [-0.15, -0.1) is 0 Å². The molecule has 0 aromatic heterocycles. The molecule has 1 spiro atoms. The van der Waals surface area contributed by atoms with E-state index in [1.807, 2.05) is 6.08 Å². The summed E-state index contributed by atoms with van der Waals surface area (Å²) in [6.07, 6.45) is 3.04. The lowest BCUT2D eigenvalue weighted by molar-refractivity contribution is -0.155. The number of ether oxygens (including phenoxy) is 5. The molecule has 2 aliphatic heterocycles. The minimum atomic E-state index is -0.853. The van der Waals surface area contributed by atoms with Crippen molar-refractivity contribution in [3.8, 4) is 5.75 Å². The van der Waals surface area contributed by atoms with E-state index in [0.29, 0.717) is 37.8 Å². The normalized spacial score (nSPS) is 24.1. The molecule has 1 aromatic carbocycles. The first-order chi connectivity index (χ1) is 20.6. The molecule has 2 saturated heterocycles. The van der Waals surface area contributed by atoms with Gasteiger partial charge in [0.1, 0.15) is 23.6 Å². The van der Waals surface area contributed by atoms with Gasteiger partial charge in [0.15, 0.2) is 11.6 Å². The van der Waals surface area contributed by atoms with Crippen molar-refractivity contribution >= 4 is 23.5 Å². The van der Waals surface area contributed by atoms with Crippen molar-refractivity contribution in [1.82, 2.24) is 10.2 Å². The van der Waals surface area contributed by atoms with Gasteiger partial charge in [-0.3, -0.25) is 9.59 Å². The lowest BCUT2D eigenvalue weighted by atomic mass is 9.89. The van der Waals surface area contributed by atoms with Gasteiger partial charge in [0, 0.05) is 18.2 Å². The van der Waals surface area contributed by atoms with Crippen LogP contribution in [0.25, 0.3) is 5.57 Å². The van der Waals surface area contributed by atoms with Crippen molar-refractivity contribution < 1.29 is 46.8 Å². The highest BCUT2D eigenvalue weighted by Gasteiger charge is 2.53. The maximum atomic E-state index is 14.8. The van der Waals surface area contributed by atoms with Crippen molar-refractivity contribution in [3.05, 3.63) is 35.4 Å². The van der Waals surface area contributed by atoms with E-state index >= 15 is 0 Å². The molecule has 3 aliphatic rings. The lowest BCUT2D eigenvalue weighted by Crippen LogP contribution is -2.65. The molecule has 244 valence electrons. The van der Waals surface area contributed by atoms with Gasteiger partial charge in [-0.05, 0) is 78.9 Å². The van der Waals surface area contributed by atoms with Crippen LogP contribution in [0.2, 0.25) is 0 Å². The number of hydrogen-bond donors (Lipinski definition) is 1. The van der Waals surface area contributed by atoms with Crippen molar-refractivity contribution in [2.75, 3.05) is 33.0 Å². The number of amides is 2. The summed E-state index contributed by atoms with van der Waals surface area (Å²) >= 11 is 0. The highest BCUT2D eigenvalue weighted by Crippen LogP contribution is 2.38. The zero-order valence-electron chi connectivity index (χ0n) is 26.4. The van der Waals surface area contributed by atoms with Gasteiger partial charge in [-0.2, -0.15) is 0 Å². The predicted molar refractivity (Wildman–Crippen MR) is 157 cm³/mol. The van der Waals surface area contributed by atoms with Crippen molar-refractivity contribution in [1.29, 1.82) is 0 Å². The average Bonchev–Trinajstić information content (AvgIpc) is 3.23. The van der Waals surface area contributed by atoms with Gasteiger partial charge in [-0.25, -0.2) is 13.6 Å². The Kier molecular flexibility index (Phi) is 10.2. The molecule has 10 nitrogen and oxygen atoms in total. The summed E-state index contributed by atoms with van der Waals surface area (Å²) in [5, 5.41) is 3.04. The number of carbonyl (C=O) groups is 3. The molecule has 2 heterocycles. The molecule has 12 heteroatoms. The number of halogens is 2. The first kappa shape index (κ1) is 33.6. The van der Waals surface area contributed by atoms with E-state index in [1.165, 1.54) is 6.07 Å². The molecule has 2 amide bonds. The summed E-state index contributed by atoms with van der Waals surface area (Å²) in [6, 6.07) is 1.48. The quantitative estimate of drug-likeness (QED) is 0.407. The monoisotopic (exact) mass is 622 g/mol. The number of likely N-dealkylation sites (tertiary alicyclic amines) is 1. The van der Waals surface area contributed by atoms with Crippen LogP contribution < -0.4 is 10.1 Å². The van der Waals surface area contributed by atoms with Gasteiger partial charge in [0.05, 0.1) is 43.9 Å². The summed E-state index contributed by atoms with van der Waals surface area (Å²) in [5.41, 5.74) is -1.13. The Morgan fingerprint density at radius 1 is 1.11 bits per heavy atom. The Hall–Kier alpha value is -3.25. The van der Waals surface area contributed by atoms with Crippen LogP contribution in [-0.4, -0.2) is 84.7 Å². The van der Waals surface area contributed by atoms with Gasteiger partial charge in [0.25, 0.3) is 0 Å². The van der Waals surface area contributed by atoms with Crippen LogP contribution in [0, 0.1) is 11.6 Å². The van der Waals surface area contributed by atoms with Gasteiger partial charge in [-0.1, -0.05) is 6.08 Å². The van der Waals surface area contributed by atoms with Crippen molar-refractivity contribution in [3.63, 3.8) is 0 Å². The second kappa shape index (κ2) is 13.4. The number of nitrogens with one attached hydrogen (secondary N) is 1. The number of esters is 1. The smallest absolute Gasteiger partial charge is 0.410 e. The fourth-order valence-electron chi connectivity index (χ4n) is 5.73. The van der Waals surface area contributed by atoms with Gasteiger partial charge < -0.3 is 33.9 Å². The fourth-order valence-corrected chi connectivity index (χ4v) is 5.73. The van der Waals surface area contributed by atoms with E-state index in [-0.39, 0.29) is 56.2 Å². The first-order valence-electron chi connectivity index (χ1n) is 15.1.